The van der Waals surface area contributed by atoms with Gasteiger partial charge in [0.15, 0.2) is 5.16 Å². The number of esters is 1. The highest BCUT2D eigenvalue weighted by molar-refractivity contribution is 7.99. The van der Waals surface area contributed by atoms with E-state index in [0.717, 1.165) is 15.9 Å². The van der Waals surface area contributed by atoms with E-state index in [2.05, 4.69) is 5.10 Å². The Kier molecular flexibility index (Phi) is 6.49. The third kappa shape index (κ3) is 4.25. The second-order valence-electron chi connectivity index (χ2n) is 5.18. The number of thiophene rings is 1. The Bertz CT molecular complexity index is 1030. The number of aromatic nitrogens is 3. The predicted molar refractivity (Wildman–Crippen MR) is 100.0 cm³/mol. The number of ether oxygens (including phenoxy) is 1. The minimum atomic E-state index is -4.43. The van der Waals surface area contributed by atoms with E-state index in [0.29, 0.717) is 10.4 Å². The molecule has 0 aliphatic rings. The Morgan fingerprint density at radius 3 is 2.63 bits per heavy atom. The first-order chi connectivity index (χ1) is 12.6. The number of amides is 1. The molecule has 0 fully saturated rings. The number of carbonyl (C=O) groups excluding carboxylic acids is 2. The van der Waals surface area contributed by atoms with E-state index >= 15 is 0 Å². The zero-order valence-electron chi connectivity index (χ0n) is 15.0. The summed E-state index contributed by atoms with van der Waals surface area (Å²) in [6.07, 6.45) is 0. The summed E-state index contributed by atoms with van der Waals surface area (Å²) in [5.74, 6) is -0.193. The van der Waals surface area contributed by atoms with Gasteiger partial charge in [-0.05, 0) is 30.5 Å². The molecule has 0 unspecified atom stereocenters. The summed E-state index contributed by atoms with van der Waals surface area (Å²) < 4.78 is 33.5. The minimum Gasteiger partial charge on any atom is -0.462 e. The Labute approximate surface area is 163 Å². The summed E-state index contributed by atoms with van der Waals surface area (Å²) in [5, 5.41) is 5.58. The van der Waals surface area contributed by atoms with Gasteiger partial charge in [0.25, 0.3) is 10.0 Å². The number of rotatable bonds is 6. The third-order valence-electron chi connectivity index (χ3n) is 3.28. The summed E-state index contributed by atoms with van der Waals surface area (Å²) in [7, 11) is -3.00. The Balaban J connectivity index is 2.39. The molecule has 2 aromatic rings. The normalized spacial score (nSPS) is 11.4. The van der Waals surface area contributed by atoms with E-state index < -0.39 is 27.7 Å². The van der Waals surface area contributed by atoms with Crippen LogP contribution in [0.15, 0.2) is 20.2 Å². The highest BCUT2D eigenvalue weighted by Gasteiger charge is 2.30. The van der Waals surface area contributed by atoms with Gasteiger partial charge in [-0.25, -0.2) is 27.5 Å². The van der Waals surface area contributed by atoms with Crippen LogP contribution < -0.4 is 10.4 Å². The molecule has 2 heterocycles. The van der Waals surface area contributed by atoms with Crippen LogP contribution in [0.3, 0.4) is 0 Å². The minimum absolute atomic E-state index is 0.0723. The number of sulfonamides is 1. The molecule has 2 rings (SSSR count). The average molecular weight is 435 g/mol. The molecule has 0 aromatic carbocycles. The summed E-state index contributed by atoms with van der Waals surface area (Å²) in [4.78, 5) is 36.0. The summed E-state index contributed by atoms with van der Waals surface area (Å²) in [5.41, 5.74) is -0.509. The average Bonchev–Trinajstić information content (AvgIpc) is 3.11. The van der Waals surface area contributed by atoms with E-state index in [-0.39, 0.29) is 27.1 Å². The van der Waals surface area contributed by atoms with Gasteiger partial charge in [0.1, 0.15) is 9.77 Å². The van der Waals surface area contributed by atoms with Gasteiger partial charge >= 0.3 is 17.7 Å². The number of hydrogen-bond acceptors (Lipinski definition) is 9. The van der Waals surface area contributed by atoms with Gasteiger partial charge in [-0.15, -0.1) is 21.1 Å². The smallest absolute Gasteiger partial charge is 0.360 e. The number of nitrogens with one attached hydrogen (secondary N) is 1. The van der Waals surface area contributed by atoms with Crippen LogP contribution in [0.5, 0.6) is 0 Å². The highest BCUT2D eigenvalue weighted by atomic mass is 32.2. The van der Waals surface area contributed by atoms with Crippen LogP contribution in [-0.4, -0.2) is 47.1 Å². The lowest BCUT2D eigenvalue weighted by molar-refractivity contribution is 0.0527. The Morgan fingerprint density at radius 1 is 1.37 bits per heavy atom. The van der Waals surface area contributed by atoms with Crippen molar-refractivity contribution in [3.8, 4) is 0 Å². The second kappa shape index (κ2) is 8.27. The molecule has 1 N–H and O–H groups in total. The highest BCUT2D eigenvalue weighted by Crippen LogP contribution is 2.27. The molecule has 0 aliphatic heterocycles. The molecular formula is C14H18N4O6S3. The van der Waals surface area contributed by atoms with Gasteiger partial charge in [0.05, 0.1) is 6.61 Å². The van der Waals surface area contributed by atoms with Crippen LogP contribution in [0.2, 0.25) is 0 Å². The second-order valence-corrected chi connectivity index (χ2v) is 8.91. The van der Waals surface area contributed by atoms with Crippen molar-refractivity contribution in [1.82, 2.24) is 19.1 Å². The molecule has 0 saturated heterocycles. The monoisotopic (exact) mass is 434 g/mol. The van der Waals surface area contributed by atoms with Crippen LogP contribution in [0.4, 0.5) is 4.79 Å². The lowest BCUT2D eigenvalue weighted by Crippen LogP contribution is -2.40. The van der Waals surface area contributed by atoms with Crippen molar-refractivity contribution in [3.05, 3.63) is 26.3 Å². The van der Waals surface area contributed by atoms with Crippen molar-refractivity contribution in [2.45, 2.75) is 30.8 Å². The molecule has 2 aromatic heterocycles. The maximum absolute atomic E-state index is 12.7. The van der Waals surface area contributed by atoms with Crippen LogP contribution in [-0.2, 0) is 21.8 Å². The molecule has 27 heavy (non-hydrogen) atoms. The zero-order chi connectivity index (χ0) is 20.4. The molecule has 0 spiro atoms. The molecule has 1 amide bonds. The zero-order valence-corrected chi connectivity index (χ0v) is 17.5. The molecule has 0 bridgehead atoms. The van der Waals surface area contributed by atoms with E-state index in [9.17, 15) is 22.8 Å². The van der Waals surface area contributed by atoms with Crippen molar-refractivity contribution in [2.24, 2.45) is 7.05 Å². The van der Waals surface area contributed by atoms with Crippen LogP contribution >= 0.6 is 23.1 Å². The fourth-order valence-electron chi connectivity index (χ4n) is 2.12. The van der Waals surface area contributed by atoms with Gasteiger partial charge in [-0.2, -0.15) is 0 Å². The quantitative estimate of drug-likeness (QED) is 0.530. The Hall–Kier alpha value is -2.12. The molecule has 10 nitrogen and oxygen atoms in total. The molecule has 0 atom stereocenters. The van der Waals surface area contributed by atoms with E-state index in [1.165, 1.54) is 31.1 Å². The van der Waals surface area contributed by atoms with Crippen LogP contribution in [0.25, 0.3) is 0 Å². The maximum Gasteiger partial charge on any atom is 0.360 e. The van der Waals surface area contributed by atoms with Crippen molar-refractivity contribution in [3.63, 3.8) is 0 Å². The number of nitrogens with zero attached hydrogens (tertiary/aromatic N) is 3. The molecular weight excluding hydrogens is 416 g/mol. The topological polar surface area (TPSA) is 129 Å². The van der Waals surface area contributed by atoms with E-state index in [1.54, 1.807) is 11.6 Å². The fraction of sp³-hybridized carbons (Fsp3) is 0.429. The first-order valence-corrected chi connectivity index (χ1v) is 11.1. The maximum atomic E-state index is 12.7. The molecule has 0 radical (unpaired) electrons. The van der Waals surface area contributed by atoms with Crippen LogP contribution in [0.1, 0.15) is 29.1 Å². The predicted octanol–water partition coefficient (Wildman–Crippen LogP) is 1.19. The van der Waals surface area contributed by atoms with Gasteiger partial charge < -0.3 is 4.74 Å². The largest absolute Gasteiger partial charge is 0.462 e. The number of aryl methyl sites for hydroxylation is 1. The Morgan fingerprint density at radius 2 is 2.04 bits per heavy atom. The molecule has 0 saturated carbocycles. The SMILES string of the molecule is CCOC(=O)c1scc(C)c1S(=O)(=O)NC(=O)n1nc(SCC)n(C)c1=O. The van der Waals surface area contributed by atoms with Gasteiger partial charge in [0.2, 0.25) is 0 Å². The number of hydrogen-bond donors (Lipinski definition) is 1. The molecule has 0 aliphatic carbocycles. The van der Waals surface area contributed by atoms with Crippen molar-refractivity contribution in [2.75, 3.05) is 12.4 Å². The third-order valence-corrected chi connectivity index (χ3v) is 6.89. The molecule has 148 valence electrons. The number of thioether (sulfide) groups is 1. The van der Waals surface area contributed by atoms with E-state index in [4.69, 9.17) is 4.74 Å². The van der Waals surface area contributed by atoms with Gasteiger partial charge in [0, 0.05) is 7.05 Å². The van der Waals surface area contributed by atoms with Gasteiger partial charge in [-0.3, -0.25) is 4.57 Å². The van der Waals surface area contributed by atoms with Gasteiger partial charge in [-0.1, -0.05) is 18.7 Å². The first kappa shape index (κ1) is 21.2. The van der Waals surface area contributed by atoms with E-state index in [1.807, 2.05) is 6.92 Å². The first-order valence-electron chi connectivity index (χ1n) is 7.75. The van der Waals surface area contributed by atoms with Crippen molar-refractivity contribution >= 4 is 45.1 Å². The summed E-state index contributed by atoms with van der Waals surface area (Å²) in [6, 6.07) is -1.24. The van der Waals surface area contributed by atoms with Crippen molar-refractivity contribution < 1.29 is 22.7 Å². The fourth-order valence-corrected chi connectivity index (χ4v) is 5.40. The van der Waals surface area contributed by atoms with Crippen molar-refractivity contribution in [1.29, 1.82) is 0 Å². The summed E-state index contributed by atoms with van der Waals surface area (Å²) >= 11 is 2.12. The number of carbonyl (C=O) groups is 2. The standard InChI is InChI=1S/C14H18N4O6S3/c1-5-24-11(19)9-10(8(3)7-26-9)27(22,23)16-12(20)18-14(21)17(4)13(15-18)25-6-2/h7H,5-6H2,1-4H3,(H,16,20). The molecule has 13 heteroatoms. The lowest BCUT2D eigenvalue weighted by atomic mass is 10.3. The summed E-state index contributed by atoms with van der Waals surface area (Å²) in [6.45, 7) is 4.99. The van der Waals surface area contributed by atoms with Crippen LogP contribution in [0, 0.1) is 6.92 Å². The lowest BCUT2D eigenvalue weighted by Gasteiger charge is -2.08.